The number of hydrogen-bond donors (Lipinski definition) is 0. The number of hydrogen-bond acceptors (Lipinski definition) is 6. The van der Waals surface area contributed by atoms with Gasteiger partial charge in [-0.3, -0.25) is 14.5 Å². The van der Waals surface area contributed by atoms with Crippen molar-refractivity contribution in [1.82, 2.24) is 14.9 Å². The molecule has 8 heteroatoms. The van der Waals surface area contributed by atoms with Gasteiger partial charge in [-0.25, -0.2) is 9.97 Å². The van der Waals surface area contributed by atoms with Crippen LogP contribution in [-0.4, -0.2) is 47.4 Å². The van der Waals surface area contributed by atoms with Gasteiger partial charge in [-0.15, -0.1) is 0 Å². The summed E-state index contributed by atoms with van der Waals surface area (Å²) in [5.74, 6) is -0.320. The van der Waals surface area contributed by atoms with Gasteiger partial charge >= 0.3 is 5.97 Å². The van der Waals surface area contributed by atoms with Crippen molar-refractivity contribution in [1.29, 1.82) is 0 Å². The largest absolute Gasteiger partial charge is 0.437 e. The number of benzene rings is 1. The molecule has 1 amide bonds. The Balaban J connectivity index is 1.72. The molecule has 7 nitrogen and oxygen atoms in total. The van der Waals surface area contributed by atoms with Crippen LogP contribution in [0.1, 0.15) is 28.6 Å². The van der Waals surface area contributed by atoms with Crippen LogP contribution in [0.25, 0.3) is 11.0 Å². The van der Waals surface area contributed by atoms with E-state index in [9.17, 15) is 9.59 Å². The summed E-state index contributed by atoms with van der Waals surface area (Å²) in [5.41, 5.74) is 1.53. The van der Waals surface area contributed by atoms with E-state index in [1.54, 1.807) is 36.4 Å². The van der Waals surface area contributed by atoms with Crippen molar-refractivity contribution < 1.29 is 14.3 Å². The quantitative estimate of drug-likeness (QED) is 0.473. The number of anilines is 1. The van der Waals surface area contributed by atoms with Crippen molar-refractivity contribution in [3.63, 3.8) is 0 Å². The predicted octanol–water partition coefficient (Wildman–Crippen LogP) is 3.44. The molecule has 148 valence electrons. The summed E-state index contributed by atoms with van der Waals surface area (Å²) in [6.07, 6.45) is -0.659. The number of fused-ring (bicyclic) bond motifs is 2. The summed E-state index contributed by atoms with van der Waals surface area (Å²) in [5, 5.41) is 1.10. The van der Waals surface area contributed by atoms with Gasteiger partial charge < -0.3 is 9.64 Å². The van der Waals surface area contributed by atoms with Crippen LogP contribution in [0.2, 0.25) is 5.15 Å². The van der Waals surface area contributed by atoms with Crippen molar-refractivity contribution in [3.8, 4) is 0 Å². The average Bonchev–Trinajstić information content (AvgIpc) is 2.98. The number of halogens is 1. The first-order valence-corrected chi connectivity index (χ1v) is 9.52. The number of carbonyl (C=O) groups excluding carboxylic acids is 2. The minimum atomic E-state index is -0.877. The first-order chi connectivity index (χ1) is 13.9. The third-order valence-electron chi connectivity index (χ3n) is 4.67. The van der Waals surface area contributed by atoms with Crippen LogP contribution in [0.3, 0.4) is 0 Å². The molecule has 29 heavy (non-hydrogen) atoms. The molecule has 4 rings (SSSR count). The molecule has 3 aromatic rings. The fourth-order valence-electron chi connectivity index (χ4n) is 3.22. The molecule has 0 N–H and O–H groups in total. The lowest BCUT2D eigenvalue weighted by atomic mass is 10.1. The molecule has 1 unspecified atom stereocenters. The van der Waals surface area contributed by atoms with Crippen molar-refractivity contribution in [2.24, 2.45) is 0 Å². The Kier molecular flexibility index (Phi) is 5.17. The topological polar surface area (TPSA) is 75.6 Å². The van der Waals surface area contributed by atoms with Crippen molar-refractivity contribution in [2.45, 2.75) is 12.6 Å². The van der Waals surface area contributed by atoms with E-state index in [-0.39, 0.29) is 18.3 Å². The molecular weight excluding hydrogens is 392 g/mol. The van der Waals surface area contributed by atoms with Crippen LogP contribution in [0.15, 0.2) is 48.5 Å². The van der Waals surface area contributed by atoms with Gasteiger partial charge in [0.05, 0.1) is 6.42 Å². The molecule has 0 fully saturated rings. The number of esters is 1. The fraction of sp³-hybridized carbons (Fsp3) is 0.238. The molecule has 0 aliphatic carbocycles. The Bertz CT molecular complexity index is 1100. The van der Waals surface area contributed by atoms with E-state index in [1.165, 1.54) is 4.90 Å². The molecule has 0 saturated heterocycles. The minimum absolute atomic E-state index is 0.218. The summed E-state index contributed by atoms with van der Waals surface area (Å²) in [6.45, 7) is 0.553. The normalized spacial score (nSPS) is 15.8. The SMILES string of the molecule is CN(C)CCC(=O)OC1c2ccccc2C(=O)N1c1ccc2ccc(Cl)nc2n1. The van der Waals surface area contributed by atoms with E-state index >= 15 is 0 Å². The van der Waals surface area contributed by atoms with Gasteiger partial charge in [0.1, 0.15) is 11.0 Å². The molecule has 3 heterocycles. The van der Waals surface area contributed by atoms with Crippen LogP contribution in [0.4, 0.5) is 5.82 Å². The Morgan fingerprint density at radius 2 is 1.90 bits per heavy atom. The highest BCUT2D eigenvalue weighted by molar-refractivity contribution is 6.29. The van der Waals surface area contributed by atoms with Crippen molar-refractivity contribution >= 4 is 40.3 Å². The highest BCUT2D eigenvalue weighted by Gasteiger charge is 2.40. The number of nitrogens with zero attached hydrogens (tertiary/aromatic N) is 4. The fourth-order valence-corrected chi connectivity index (χ4v) is 3.36. The molecule has 0 bridgehead atoms. The molecule has 1 aliphatic rings. The van der Waals surface area contributed by atoms with E-state index in [2.05, 4.69) is 9.97 Å². The summed E-state index contributed by atoms with van der Waals surface area (Å²) >= 11 is 5.99. The standard InChI is InChI=1S/C21H19ClN4O3/c1-25(2)12-11-18(27)29-21-15-6-4-3-5-14(15)20(28)26(21)17-10-8-13-7-9-16(22)23-19(13)24-17/h3-10,21H,11-12H2,1-2H3. The lowest BCUT2D eigenvalue weighted by molar-refractivity contribution is -0.149. The lowest BCUT2D eigenvalue weighted by Crippen LogP contribution is -2.32. The predicted molar refractivity (Wildman–Crippen MR) is 110 cm³/mol. The van der Waals surface area contributed by atoms with E-state index < -0.39 is 6.23 Å². The summed E-state index contributed by atoms with van der Waals surface area (Å²) in [6, 6.07) is 14.1. The third-order valence-corrected chi connectivity index (χ3v) is 4.88. The maximum Gasteiger partial charge on any atom is 0.309 e. The molecule has 1 aliphatic heterocycles. The number of pyridine rings is 2. The van der Waals surface area contributed by atoms with Crippen LogP contribution in [-0.2, 0) is 9.53 Å². The maximum atomic E-state index is 13.1. The summed E-state index contributed by atoms with van der Waals surface area (Å²) < 4.78 is 5.71. The van der Waals surface area contributed by atoms with Gasteiger partial charge in [0.15, 0.2) is 5.65 Å². The monoisotopic (exact) mass is 410 g/mol. The highest BCUT2D eigenvalue weighted by Crippen LogP contribution is 2.38. The van der Waals surface area contributed by atoms with Gasteiger partial charge in [-0.1, -0.05) is 29.8 Å². The van der Waals surface area contributed by atoms with E-state index in [0.717, 1.165) is 5.39 Å². The van der Waals surface area contributed by atoms with Gasteiger partial charge in [0, 0.05) is 23.1 Å². The van der Waals surface area contributed by atoms with Gasteiger partial charge in [-0.2, -0.15) is 0 Å². The Hall–Kier alpha value is -3.03. The number of rotatable bonds is 5. The highest BCUT2D eigenvalue weighted by atomic mass is 35.5. The first-order valence-electron chi connectivity index (χ1n) is 9.14. The number of amides is 1. The minimum Gasteiger partial charge on any atom is -0.437 e. The maximum absolute atomic E-state index is 13.1. The second-order valence-electron chi connectivity index (χ2n) is 7.01. The molecule has 2 aromatic heterocycles. The zero-order valence-corrected chi connectivity index (χ0v) is 16.8. The summed E-state index contributed by atoms with van der Waals surface area (Å²) in [4.78, 5) is 37.5. The molecule has 0 radical (unpaired) electrons. The Labute approximate surface area is 172 Å². The average molecular weight is 411 g/mol. The van der Waals surface area contributed by atoms with E-state index in [4.69, 9.17) is 16.3 Å². The van der Waals surface area contributed by atoms with Crippen LogP contribution >= 0.6 is 11.6 Å². The second kappa shape index (κ2) is 7.77. The summed E-state index contributed by atoms with van der Waals surface area (Å²) in [7, 11) is 3.76. The molecule has 0 spiro atoms. The molecule has 0 saturated carbocycles. The first kappa shape index (κ1) is 19.3. The third kappa shape index (κ3) is 3.79. The molecule has 1 atom stereocenters. The van der Waals surface area contributed by atoms with Crippen LogP contribution in [0.5, 0.6) is 0 Å². The van der Waals surface area contributed by atoms with Crippen LogP contribution in [0, 0.1) is 0 Å². The van der Waals surface area contributed by atoms with E-state index in [0.29, 0.717) is 34.3 Å². The Morgan fingerprint density at radius 3 is 2.69 bits per heavy atom. The van der Waals surface area contributed by atoms with E-state index in [1.807, 2.05) is 31.1 Å². The smallest absolute Gasteiger partial charge is 0.309 e. The zero-order chi connectivity index (χ0) is 20.5. The van der Waals surface area contributed by atoms with Crippen LogP contribution < -0.4 is 4.90 Å². The number of ether oxygens (including phenoxy) is 1. The molecule has 1 aromatic carbocycles. The number of aromatic nitrogens is 2. The van der Waals surface area contributed by atoms with Gasteiger partial charge in [0.2, 0.25) is 6.23 Å². The van der Waals surface area contributed by atoms with Gasteiger partial charge in [0.25, 0.3) is 5.91 Å². The Morgan fingerprint density at radius 1 is 1.14 bits per heavy atom. The zero-order valence-electron chi connectivity index (χ0n) is 16.0. The van der Waals surface area contributed by atoms with Crippen molar-refractivity contribution in [2.75, 3.05) is 25.5 Å². The lowest BCUT2D eigenvalue weighted by Gasteiger charge is -2.24. The molecular formula is C21H19ClN4O3. The van der Waals surface area contributed by atoms with Gasteiger partial charge in [-0.05, 0) is 44.4 Å². The van der Waals surface area contributed by atoms with Crippen molar-refractivity contribution in [3.05, 3.63) is 64.8 Å². The number of carbonyl (C=O) groups is 2. The second-order valence-corrected chi connectivity index (χ2v) is 7.40.